The number of nitrogens with zero attached hydrogens (tertiary/aromatic N) is 3. The molecule has 3 heterocycles. The zero-order valence-electron chi connectivity index (χ0n) is 25.7. The maximum Gasteiger partial charge on any atom is 0.411 e. The van der Waals surface area contributed by atoms with Gasteiger partial charge in [-0.2, -0.15) is 0 Å². The van der Waals surface area contributed by atoms with Crippen LogP contribution in [0.2, 0.25) is 0 Å². The van der Waals surface area contributed by atoms with Crippen molar-refractivity contribution in [3.8, 4) is 0 Å². The Morgan fingerprint density at radius 3 is 2.24 bits per heavy atom. The van der Waals surface area contributed by atoms with Crippen LogP contribution in [0.5, 0.6) is 0 Å². The lowest BCUT2D eigenvalue weighted by Crippen LogP contribution is -2.57. The largest absolute Gasteiger partial charge is 0.444 e. The van der Waals surface area contributed by atoms with Gasteiger partial charge in [0.15, 0.2) is 0 Å². The van der Waals surface area contributed by atoms with E-state index in [4.69, 9.17) is 4.74 Å². The van der Waals surface area contributed by atoms with E-state index in [2.05, 4.69) is 31.1 Å². The third-order valence-electron chi connectivity index (χ3n) is 9.56. The van der Waals surface area contributed by atoms with Gasteiger partial charge in [-0.3, -0.25) is 24.4 Å². The highest BCUT2D eigenvalue weighted by Crippen LogP contribution is 2.83. The predicted molar refractivity (Wildman–Crippen MR) is 161 cm³/mol. The Morgan fingerprint density at radius 1 is 1.00 bits per heavy atom. The fourth-order valence-electron chi connectivity index (χ4n) is 7.41. The minimum Gasteiger partial charge on any atom is -0.444 e. The molecule has 7 rings (SSSR count). The number of hydrogen-bond donors (Lipinski definition) is 1. The Morgan fingerprint density at radius 2 is 1.67 bits per heavy atom. The van der Waals surface area contributed by atoms with E-state index in [9.17, 15) is 14.4 Å². The van der Waals surface area contributed by atoms with E-state index in [-0.39, 0.29) is 35.1 Å². The van der Waals surface area contributed by atoms with Gasteiger partial charge in [0.25, 0.3) is 5.91 Å². The first-order valence-corrected chi connectivity index (χ1v) is 15.5. The average molecular weight is 573 g/mol. The summed E-state index contributed by atoms with van der Waals surface area (Å²) >= 11 is 0. The molecule has 5 fully saturated rings. The molecule has 1 N–H and O–H groups in total. The average Bonchev–Trinajstić information content (AvgIpc) is 3.75. The van der Waals surface area contributed by atoms with Crippen molar-refractivity contribution >= 4 is 23.6 Å². The number of anilines is 1. The Balaban J connectivity index is 1.41. The zero-order chi connectivity index (χ0) is 30.0. The third kappa shape index (κ3) is 4.86. The number of rotatable bonds is 6. The monoisotopic (exact) mass is 572 g/mol. The van der Waals surface area contributed by atoms with Gasteiger partial charge in [0.1, 0.15) is 17.2 Å². The second-order valence-corrected chi connectivity index (χ2v) is 14.6. The van der Waals surface area contributed by atoms with Crippen molar-refractivity contribution in [2.24, 2.45) is 17.8 Å². The molecule has 2 saturated heterocycles. The first kappa shape index (κ1) is 28.7. The third-order valence-corrected chi connectivity index (χ3v) is 9.56. The van der Waals surface area contributed by atoms with Gasteiger partial charge in [-0.05, 0) is 68.7 Å². The van der Waals surface area contributed by atoms with E-state index in [1.54, 1.807) is 28.3 Å². The number of pyridine rings is 1. The quantitative estimate of drug-likeness (QED) is 0.475. The van der Waals surface area contributed by atoms with Gasteiger partial charge in [0.2, 0.25) is 5.91 Å². The minimum atomic E-state index is -0.971. The molecule has 3 aliphatic carbocycles. The normalized spacial score (nSPS) is 27.1. The first-order valence-electron chi connectivity index (χ1n) is 15.5. The summed E-state index contributed by atoms with van der Waals surface area (Å²) in [5.74, 6) is 0.120. The number of fused-ring (bicyclic) bond motifs is 1. The molecule has 8 heteroatoms. The number of piperidine rings is 1. The highest BCUT2D eigenvalue weighted by atomic mass is 16.6. The summed E-state index contributed by atoms with van der Waals surface area (Å²) in [6, 6.07) is 10.7. The second kappa shape index (κ2) is 10.1. The van der Waals surface area contributed by atoms with E-state index < -0.39 is 23.3 Å². The van der Waals surface area contributed by atoms with Crippen LogP contribution in [0.3, 0.4) is 0 Å². The number of aromatic nitrogens is 1. The Labute approximate surface area is 249 Å². The number of benzene rings is 1. The number of ether oxygens (including phenoxy) is 1. The van der Waals surface area contributed by atoms with E-state index in [1.807, 2.05) is 51.1 Å². The van der Waals surface area contributed by atoms with Crippen molar-refractivity contribution in [1.82, 2.24) is 15.2 Å². The molecule has 2 bridgehead atoms. The number of nitrogens with one attached hydrogen (secondary N) is 1. The SMILES string of the molecule is CC(C)(C)OC(=O)N1C[C@@H]2C3[C@@H]2[C@]31C(=O)N(c1ccc(C(C)(C)C)cc1)C(C(=O)NC1CCCCC1)c1cccnc1. The summed E-state index contributed by atoms with van der Waals surface area (Å²) in [7, 11) is 0. The van der Waals surface area contributed by atoms with Crippen LogP contribution >= 0.6 is 0 Å². The van der Waals surface area contributed by atoms with E-state index in [0.29, 0.717) is 23.7 Å². The van der Waals surface area contributed by atoms with Crippen LogP contribution in [-0.4, -0.2) is 51.5 Å². The van der Waals surface area contributed by atoms with E-state index in [0.717, 1.165) is 31.2 Å². The lowest BCUT2D eigenvalue weighted by Gasteiger charge is -2.38. The summed E-state index contributed by atoms with van der Waals surface area (Å²) in [5, 5.41) is 3.28. The molecule has 2 unspecified atom stereocenters. The van der Waals surface area contributed by atoms with Crippen LogP contribution in [0.1, 0.15) is 90.8 Å². The number of hydrogen-bond acceptors (Lipinski definition) is 5. The second-order valence-electron chi connectivity index (χ2n) is 14.6. The molecule has 1 aromatic carbocycles. The fourth-order valence-corrected chi connectivity index (χ4v) is 7.41. The first-order chi connectivity index (χ1) is 19.8. The lowest BCUT2D eigenvalue weighted by atomic mass is 9.87. The Bertz CT molecular complexity index is 1340. The highest BCUT2D eigenvalue weighted by Gasteiger charge is 2.95. The minimum absolute atomic E-state index is 0.0720. The van der Waals surface area contributed by atoms with Crippen LogP contribution in [0.4, 0.5) is 10.5 Å². The summed E-state index contributed by atoms with van der Waals surface area (Å²) < 4.78 is 5.77. The van der Waals surface area contributed by atoms with Crippen molar-refractivity contribution < 1.29 is 19.1 Å². The number of amides is 3. The molecule has 224 valence electrons. The highest BCUT2D eigenvalue weighted by molar-refractivity contribution is 6.11. The van der Waals surface area contributed by atoms with Gasteiger partial charge >= 0.3 is 6.09 Å². The van der Waals surface area contributed by atoms with E-state index >= 15 is 0 Å². The molecule has 5 atom stereocenters. The van der Waals surface area contributed by atoms with Crippen molar-refractivity contribution in [3.63, 3.8) is 0 Å². The van der Waals surface area contributed by atoms with E-state index in [1.165, 1.54) is 6.42 Å². The van der Waals surface area contributed by atoms with Crippen molar-refractivity contribution in [2.75, 3.05) is 11.4 Å². The summed E-state index contributed by atoms with van der Waals surface area (Å²) in [6.07, 6.45) is 8.08. The molecular formula is C34H44N4O4. The lowest BCUT2D eigenvalue weighted by molar-refractivity contribution is -0.130. The van der Waals surface area contributed by atoms with Crippen LogP contribution in [-0.2, 0) is 19.7 Å². The van der Waals surface area contributed by atoms with Crippen molar-refractivity contribution in [2.45, 2.75) is 102 Å². The van der Waals surface area contributed by atoms with Gasteiger partial charge in [-0.1, -0.05) is 58.2 Å². The molecule has 2 aliphatic heterocycles. The molecule has 8 nitrogen and oxygen atoms in total. The molecule has 42 heavy (non-hydrogen) atoms. The molecule has 0 spiro atoms. The van der Waals surface area contributed by atoms with Crippen LogP contribution < -0.4 is 10.2 Å². The smallest absolute Gasteiger partial charge is 0.411 e. The molecule has 3 saturated carbocycles. The predicted octanol–water partition coefficient (Wildman–Crippen LogP) is 5.77. The van der Waals surface area contributed by atoms with Crippen LogP contribution in [0, 0.1) is 17.8 Å². The fraction of sp³-hybridized carbons (Fsp3) is 0.588. The van der Waals surface area contributed by atoms with Gasteiger partial charge in [0, 0.05) is 48.1 Å². The van der Waals surface area contributed by atoms with Gasteiger partial charge in [-0.15, -0.1) is 0 Å². The van der Waals surface area contributed by atoms with Gasteiger partial charge in [0.05, 0.1) is 0 Å². The molecule has 2 aromatic rings. The van der Waals surface area contributed by atoms with Crippen LogP contribution in [0.25, 0.3) is 0 Å². The Hall–Kier alpha value is -3.42. The van der Waals surface area contributed by atoms with Gasteiger partial charge < -0.3 is 10.1 Å². The van der Waals surface area contributed by atoms with Crippen molar-refractivity contribution in [1.29, 1.82) is 0 Å². The zero-order valence-corrected chi connectivity index (χ0v) is 25.7. The maximum absolute atomic E-state index is 15.0. The van der Waals surface area contributed by atoms with Crippen LogP contribution in [0.15, 0.2) is 48.8 Å². The summed E-state index contributed by atoms with van der Waals surface area (Å²) in [4.78, 5) is 50.3. The molecule has 5 aliphatic rings. The topological polar surface area (TPSA) is 91.8 Å². The van der Waals surface area contributed by atoms with Gasteiger partial charge in [-0.25, -0.2) is 4.79 Å². The number of carbonyl (C=O) groups excluding carboxylic acids is 3. The van der Waals surface area contributed by atoms with Crippen molar-refractivity contribution in [3.05, 3.63) is 59.9 Å². The molecule has 0 radical (unpaired) electrons. The molecule has 3 amide bonds. The maximum atomic E-state index is 15.0. The summed E-state index contributed by atoms with van der Waals surface area (Å²) in [5.41, 5.74) is 0.687. The Kier molecular flexibility index (Phi) is 6.89. The number of carbonyl (C=O) groups is 3. The summed E-state index contributed by atoms with van der Waals surface area (Å²) in [6.45, 7) is 12.5. The molecule has 1 aromatic heterocycles. The standard InChI is InChI=1S/C34H44N4O4/c1-32(2,3)22-14-16-24(17-15-22)38(28(21-11-10-18-35-19-21)29(39)36-23-12-8-7-9-13-23)30(40)34-26-25(27(26)34)20-37(34)31(41)42-33(4,5)6/h10-11,14-19,23,25-28H,7-9,12-13,20H2,1-6H3,(H,36,39)/t25-,26+,27?,28?,34+/m0/s1. The molecular weight excluding hydrogens is 528 g/mol.